The van der Waals surface area contributed by atoms with Crippen LogP contribution in [0.1, 0.15) is 17.0 Å². The number of imidazole rings is 1. The molecular weight excluding hydrogens is 289 g/mol. The van der Waals surface area contributed by atoms with Crippen LogP contribution in [-0.4, -0.2) is 16.2 Å². The number of aromatic nitrogens is 2. The number of nitrogens with zero attached hydrogens (tertiary/aromatic N) is 3. The number of benzene rings is 2. The molecule has 3 aromatic rings. The van der Waals surface area contributed by atoms with Gasteiger partial charge in [-0.3, -0.25) is 4.39 Å². The molecule has 0 saturated heterocycles. The smallest absolute Gasteiger partial charge is 0.110 e. The molecule has 0 aliphatic carbocycles. The Balaban J connectivity index is 2.06. The molecular formula is C19H16FN3. The van der Waals surface area contributed by atoms with Gasteiger partial charge in [0.1, 0.15) is 5.82 Å². The van der Waals surface area contributed by atoms with E-state index in [1.54, 1.807) is 18.3 Å². The lowest BCUT2D eigenvalue weighted by molar-refractivity contribution is 0.495. The summed E-state index contributed by atoms with van der Waals surface area (Å²) in [4.78, 5) is 4.23. The molecule has 1 heterocycles. The minimum absolute atomic E-state index is 0.358. The van der Waals surface area contributed by atoms with Crippen molar-refractivity contribution >= 4 is 0 Å². The fraction of sp³-hybridized carbons (Fsp3) is 0.158. The minimum Gasteiger partial charge on any atom is -0.304 e. The number of hydrogen-bond acceptors (Lipinski definition) is 2. The summed E-state index contributed by atoms with van der Waals surface area (Å²) < 4.78 is 15.0. The molecule has 114 valence electrons. The molecule has 0 aliphatic rings. The van der Waals surface area contributed by atoms with Crippen LogP contribution < -0.4 is 0 Å². The second-order valence-electron chi connectivity index (χ2n) is 5.31. The summed E-state index contributed by atoms with van der Waals surface area (Å²) in [6.45, 7) is 1.53. The zero-order chi connectivity index (χ0) is 16.2. The van der Waals surface area contributed by atoms with Gasteiger partial charge >= 0.3 is 0 Å². The van der Waals surface area contributed by atoms with E-state index in [-0.39, 0.29) is 0 Å². The van der Waals surface area contributed by atoms with Gasteiger partial charge in [0.25, 0.3) is 0 Å². The first-order valence-electron chi connectivity index (χ1n) is 7.42. The van der Waals surface area contributed by atoms with Crippen LogP contribution >= 0.6 is 0 Å². The third-order valence-corrected chi connectivity index (χ3v) is 3.88. The van der Waals surface area contributed by atoms with E-state index < -0.39 is 6.67 Å². The van der Waals surface area contributed by atoms with Crippen molar-refractivity contribution in [2.45, 2.75) is 13.3 Å². The van der Waals surface area contributed by atoms with Gasteiger partial charge in [-0.05, 0) is 47.9 Å². The summed E-state index contributed by atoms with van der Waals surface area (Å²) in [5.41, 5.74) is 4.52. The molecule has 0 spiro atoms. The van der Waals surface area contributed by atoms with Crippen molar-refractivity contribution in [2.75, 3.05) is 6.67 Å². The molecule has 0 saturated carbocycles. The van der Waals surface area contributed by atoms with Gasteiger partial charge in [-0.15, -0.1) is 0 Å². The van der Waals surface area contributed by atoms with Crippen molar-refractivity contribution < 1.29 is 4.39 Å². The summed E-state index contributed by atoms with van der Waals surface area (Å²) in [6.07, 6.45) is 4.00. The lowest BCUT2D eigenvalue weighted by Gasteiger charge is -2.13. The average Bonchev–Trinajstić information content (AvgIpc) is 3.01. The molecule has 0 fully saturated rings. The zero-order valence-corrected chi connectivity index (χ0v) is 12.8. The largest absolute Gasteiger partial charge is 0.304 e. The van der Waals surface area contributed by atoms with Crippen molar-refractivity contribution in [1.82, 2.24) is 9.55 Å². The third-order valence-electron chi connectivity index (χ3n) is 3.88. The Hall–Kier alpha value is -2.93. The summed E-state index contributed by atoms with van der Waals surface area (Å²) in [7, 11) is 0. The molecule has 0 bridgehead atoms. The van der Waals surface area contributed by atoms with Crippen molar-refractivity contribution in [3.8, 4) is 22.9 Å². The Labute approximate surface area is 134 Å². The van der Waals surface area contributed by atoms with E-state index in [1.165, 1.54) is 0 Å². The van der Waals surface area contributed by atoms with E-state index >= 15 is 0 Å². The first-order chi connectivity index (χ1) is 11.2. The highest BCUT2D eigenvalue weighted by atomic mass is 19.1. The number of halogens is 1. The number of nitriles is 1. The van der Waals surface area contributed by atoms with Gasteiger partial charge in [-0.25, -0.2) is 4.98 Å². The predicted octanol–water partition coefficient (Wildman–Crippen LogP) is 4.23. The number of rotatable bonds is 4. The predicted molar refractivity (Wildman–Crippen MR) is 88.1 cm³/mol. The fourth-order valence-electron chi connectivity index (χ4n) is 2.70. The zero-order valence-electron chi connectivity index (χ0n) is 12.8. The molecule has 0 N–H and O–H groups in total. The maximum absolute atomic E-state index is 13.0. The van der Waals surface area contributed by atoms with Crippen molar-refractivity contribution in [3.63, 3.8) is 0 Å². The molecule has 0 unspecified atom stereocenters. The van der Waals surface area contributed by atoms with Gasteiger partial charge in [-0.1, -0.05) is 18.2 Å². The van der Waals surface area contributed by atoms with Gasteiger partial charge in [0.05, 0.1) is 18.3 Å². The topological polar surface area (TPSA) is 41.6 Å². The van der Waals surface area contributed by atoms with Crippen molar-refractivity contribution in [1.29, 1.82) is 5.26 Å². The molecule has 2 aromatic carbocycles. The molecule has 4 heteroatoms. The second kappa shape index (κ2) is 6.45. The Morgan fingerprint density at radius 1 is 1.17 bits per heavy atom. The second-order valence-corrected chi connectivity index (χ2v) is 5.31. The monoisotopic (exact) mass is 305 g/mol. The molecule has 1 aromatic heterocycles. The van der Waals surface area contributed by atoms with Crippen LogP contribution in [-0.2, 0) is 6.42 Å². The van der Waals surface area contributed by atoms with Crippen LogP contribution in [0.4, 0.5) is 4.39 Å². The maximum Gasteiger partial charge on any atom is 0.110 e. The molecule has 0 aliphatic heterocycles. The van der Waals surface area contributed by atoms with Gasteiger partial charge < -0.3 is 4.57 Å². The van der Waals surface area contributed by atoms with E-state index in [2.05, 4.69) is 11.1 Å². The molecule has 0 atom stereocenters. The Bertz CT molecular complexity index is 857. The third kappa shape index (κ3) is 3.00. The van der Waals surface area contributed by atoms with Crippen LogP contribution in [0, 0.1) is 18.3 Å². The first kappa shape index (κ1) is 15.0. The minimum atomic E-state index is -0.407. The van der Waals surface area contributed by atoms with Crippen LogP contribution in [0.15, 0.2) is 54.9 Å². The Kier molecular flexibility index (Phi) is 4.20. The highest BCUT2D eigenvalue weighted by Crippen LogP contribution is 2.27. The number of hydrogen-bond donors (Lipinski definition) is 0. The highest BCUT2D eigenvalue weighted by molar-refractivity contribution is 5.69. The summed E-state index contributed by atoms with van der Waals surface area (Å²) in [5, 5.41) is 8.90. The van der Waals surface area contributed by atoms with E-state index in [1.807, 2.05) is 48.0 Å². The summed E-state index contributed by atoms with van der Waals surface area (Å²) in [5.74, 6) is 0.891. The first-order valence-corrected chi connectivity index (χ1v) is 7.42. The quantitative estimate of drug-likeness (QED) is 0.723. The van der Waals surface area contributed by atoms with Gasteiger partial charge in [0, 0.05) is 24.5 Å². The molecule has 23 heavy (non-hydrogen) atoms. The molecule has 0 radical (unpaired) electrons. The average molecular weight is 305 g/mol. The Morgan fingerprint density at radius 2 is 1.96 bits per heavy atom. The lowest BCUT2D eigenvalue weighted by atomic mass is 9.96. The normalized spacial score (nSPS) is 10.5. The Morgan fingerprint density at radius 3 is 2.57 bits per heavy atom. The lowest BCUT2D eigenvalue weighted by Crippen LogP contribution is -1.99. The van der Waals surface area contributed by atoms with Crippen molar-refractivity contribution in [3.05, 3.63) is 71.8 Å². The van der Waals surface area contributed by atoms with E-state index in [0.717, 1.165) is 28.2 Å². The number of alkyl halides is 1. The van der Waals surface area contributed by atoms with Crippen LogP contribution in [0.25, 0.3) is 16.8 Å². The van der Waals surface area contributed by atoms with Crippen LogP contribution in [0.2, 0.25) is 0 Å². The maximum atomic E-state index is 13.0. The molecule has 3 nitrogen and oxygen atoms in total. The van der Waals surface area contributed by atoms with E-state index in [4.69, 9.17) is 5.26 Å². The van der Waals surface area contributed by atoms with Crippen molar-refractivity contribution in [2.24, 2.45) is 0 Å². The van der Waals surface area contributed by atoms with Gasteiger partial charge in [0.2, 0.25) is 0 Å². The van der Waals surface area contributed by atoms with Crippen LogP contribution in [0.5, 0.6) is 0 Å². The van der Waals surface area contributed by atoms with Gasteiger partial charge in [0.15, 0.2) is 0 Å². The van der Waals surface area contributed by atoms with E-state index in [0.29, 0.717) is 12.0 Å². The molecule has 0 amide bonds. The summed E-state index contributed by atoms with van der Waals surface area (Å²) in [6, 6.07) is 15.5. The number of aryl methyl sites for hydroxylation is 2. The fourth-order valence-corrected chi connectivity index (χ4v) is 2.70. The van der Waals surface area contributed by atoms with Gasteiger partial charge in [-0.2, -0.15) is 5.26 Å². The van der Waals surface area contributed by atoms with Crippen LogP contribution in [0.3, 0.4) is 0 Å². The standard InChI is InChI=1S/C19H16FN3/c1-14-22-10-11-23(14)18-6-7-19(17(12-18)8-9-20)16-4-2-15(13-21)3-5-16/h2-7,10-12H,8-9H2,1H3. The SMILES string of the molecule is Cc1nccn1-c1ccc(-c2ccc(C#N)cc2)c(CCF)c1. The highest BCUT2D eigenvalue weighted by Gasteiger charge is 2.09. The molecule has 3 rings (SSSR count). The summed E-state index contributed by atoms with van der Waals surface area (Å²) >= 11 is 0. The van der Waals surface area contributed by atoms with E-state index in [9.17, 15) is 4.39 Å².